The molecule has 0 saturated carbocycles. The Morgan fingerprint density at radius 3 is 1.15 bits per heavy atom. The molecule has 0 unspecified atom stereocenters. The fourth-order valence-corrected chi connectivity index (χ4v) is 0.281. The summed E-state index contributed by atoms with van der Waals surface area (Å²) >= 11 is 0. The minimum atomic E-state index is 0. The topological polar surface area (TPSA) is 59.7 Å². The SMILES string of the molecule is C[c-]1[c-][c-][c-][c-]1.[C-]#[O+].[C-]#[O+].[C-]#[O+].[Mo]. The van der Waals surface area contributed by atoms with Crippen molar-refractivity contribution in [3.05, 3.63) is 49.8 Å². The smallest absolute Gasteiger partial charge is 0 e. The predicted octanol–water partition coefficient (Wildman–Crippen LogP) is 0.800. The van der Waals surface area contributed by atoms with Crippen molar-refractivity contribution < 1.29 is 35.0 Å². The summed E-state index contributed by atoms with van der Waals surface area (Å²) in [6.45, 7) is 15.4. The third-order valence-electron chi connectivity index (χ3n) is 0.562. The molecule has 0 fully saturated rings. The van der Waals surface area contributed by atoms with E-state index in [-0.39, 0.29) is 21.1 Å². The van der Waals surface area contributed by atoms with Crippen molar-refractivity contribution in [3.8, 4) is 0 Å². The first kappa shape index (κ1) is 22.8. The Balaban J connectivity index is -0.0000000508. The van der Waals surface area contributed by atoms with Crippen molar-refractivity contribution >= 4 is 0 Å². The molecule has 0 saturated heterocycles. The molecule has 0 atom stereocenters. The normalized spacial score (nSPS) is 4.54. The average Bonchev–Trinajstić information content (AvgIpc) is 2.66. The third-order valence-corrected chi connectivity index (χ3v) is 0.562. The summed E-state index contributed by atoms with van der Waals surface area (Å²) in [6.07, 6.45) is 0. The molecular formula is C9H3MoO3-5. The second kappa shape index (κ2) is 30.2. The largest absolute Gasteiger partial charge is 0 e. The van der Waals surface area contributed by atoms with Crippen LogP contribution in [0, 0.1) is 51.1 Å². The third kappa shape index (κ3) is 24.6. The molecule has 0 heterocycles. The van der Waals surface area contributed by atoms with Crippen molar-refractivity contribution in [2.24, 2.45) is 0 Å². The van der Waals surface area contributed by atoms with Gasteiger partial charge >= 0.3 is 33.9 Å². The van der Waals surface area contributed by atoms with Crippen LogP contribution in [-0.2, 0) is 35.0 Å². The number of hydrogen-bond acceptors (Lipinski definition) is 0. The van der Waals surface area contributed by atoms with Gasteiger partial charge in [0, 0.05) is 21.1 Å². The maximum atomic E-state index is 7.50. The van der Waals surface area contributed by atoms with Crippen LogP contribution in [0.2, 0.25) is 0 Å². The average molecular weight is 255 g/mol. The Labute approximate surface area is 91.9 Å². The van der Waals surface area contributed by atoms with Gasteiger partial charge in [-0.2, -0.15) is 0 Å². The van der Waals surface area contributed by atoms with E-state index in [2.05, 4.69) is 44.2 Å². The van der Waals surface area contributed by atoms with Crippen LogP contribution in [0.5, 0.6) is 0 Å². The second-order valence-corrected chi connectivity index (χ2v) is 1.12. The molecule has 4 heteroatoms. The van der Waals surface area contributed by atoms with Crippen molar-refractivity contribution in [1.82, 2.24) is 0 Å². The number of aryl methyl sites for hydroxylation is 1. The molecule has 1 aromatic rings. The van der Waals surface area contributed by atoms with E-state index in [0.29, 0.717) is 0 Å². The molecule has 0 aromatic heterocycles. The summed E-state index contributed by atoms with van der Waals surface area (Å²) < 4.78 is 22.5. The van der Waals surface area contributed by atoms with E-state index >= 15 is 0 Å². The van der Waals surface area contributed by atoms with Crippen molar-refractivity contribution in [1.29, 1.82) is 0 Å². The Hall–Kier alpha value is -0.742. The zero-order valence-corrected chi connectivity index (χ0v) is 8.64. The Morgan fingerprint density at radius 2 is 1.08 bits per heavy atom. The Morgan fingerprint density at radius 1 is 0.846 bits per heavy atom. The van der Waals surface area contributed by atoms with Crippen molar-refractivity contribution in [2.45, 2.75) is 6.92 Å². The summed E-state index contributed by atoms with van der Waals surface area (Å²) in [6, 6.07) is 10.8. The van der Waals surface area contributed by atoms with Crippen LogP contribution in [0.4, 0.5) is 0 Å². The Kier molecular flexibility index (Phi) is 53.0. The fraction of sp³-hybridized carbons (Fsp3) is 0.111. The maximum absolute atomic E-state index is 7.50. The van der Waals surface area contributed by atoms with Gasteiger partial charge in [0.1, 0.15) is 0 Å². The molecule has 0 amide bonds. The van der Waals surface area contributed by atoms with E-state index in [1.54, 1.807) is 0 Å². The molecule has 0 radical (unpaired) electrons. The molecule has 0 aliphatic carbocycles. The fourth-order valence-electron chi connectivity index (χ4n) is 0.281. The number of rotatable bonds is 0. The molecule has 0 bridgehead atoms. The summed E-state index contributed by atoms with van der Waals surface area (Å²) in [4.78, 5) is 0. The molecule has 0 aliphatic rings. The monoisotopic (exact) mass is 257 g/mol. The maximum Gasteiger partial charge on any atom is 0 e. The van der Waals surface area contributed by atoms with Crippen molar-refractivity contribution in [2.75, 3.05) is 0 Å². The van der Waals surface area contributed by atoms with Gasteiger partial charge in [-0.1, -0.05) is 0 Å². The second-order valence-electron chi connectivity index (χ2n) is 1.12. The van der Waals surface area contributed by atoms with E-state index in [0.717, 1.165) is 5.56 Å². The molecule has 0 N–H and O–H groups in total. The number of hydrogen-bond donors (Lipinski definition) is 0. The van der Waals surface area contributed by atoms with E-state index in [1.165, 1.54) is 0 Å². The first-order chi connectivity index (χ1) is 5.89. The van der Waals surface area contributed by atoms with Gasteiger partial charge in [-0.25, -0.2) is 6.92 Å². The van der Waals surface area contributed by atoms with Crippen LogP contribution in [0.25, 0.3) is 0 Å². The van der Waals surface area contributed by atoms with Crippen LogP contribution in [0.15, 0.2) is 0 Å². The van der Waals surface area contributed by atoms with E-state index in [4.69, 9.17) is 14.0 Å². The minimum Gasteiger partial charge on any atom is 0 e. The van der Waals surface area contributed by atoms with Crippen LogP contribution in [-0.4, -0.2) is 0 Å². The van der Waals surface area contributed by atoms with Gasteiger partial charge in [-0.3, -0.25) is 0 Å². The zero-order chi connectivity index (χ0) is 10.4. The van der Waals surface area contributed by atoms with Gasteiger partial charge in [0.05, 0.1) is 0 Å². The van der Waals surface area contributed by atoms with Crippen molar-refractivity contribution in [3.63, 3.8) is 0 Å². The van der Waals surface area contributed by atoms with E-state index in [1.807, 2.05) is 6.92 Å². The van der Waals surface area contributed by atoms with Gasteiger partial charge in [0.15, 0.2) is 0 Å². The van der Waals surface area contributed by atoms with Gasteiger partial charge in [0.25, 0.3) is 0 Å². The van der Waals surface area contributed by atoms with Gasteiger partial charge < -0.3 is 29.8 Å². The standard InChI is InChI=1S/C6H3.3CO.Mo/c1-6-4-2-3-5-6;3*1-2;/h1H3;;;;/q-5;;;;. The van der Waals surface area contributed by atoms with E-state index < -0.39 is 0 Å². The first-order valence-corrected chi connectivity index (χ1v) is 2.36. The summed E-state index contributed by atoms with van der Waals surface area (Å²) in [5.74, 6) is 0. The predicted molar refractivity (Wildman–Crippen MR) is 33.9 cm³/mol. The molecule has 13 heavy (non-hydrogen) atoms. The zero-order valence-electron chi connectivity index (χ0n) is 6.63. The summed E-state index contributed by atoms with van der Waals surface area (Å²) in [7, 11) is 0. The minimum absolute atomic E-state index is 0. The molecule has 1 aromatic carbocycles. The quantitative estimate of drug-likeness (QED) is 0.374. The van der Waals surface area contributed by atoms with Gasteiger partial charge in [-0.05, 0) is 0 Å². The molecule has 3 nitrogen and oxygen atoms in total. The molecule has 0 spiro atoms. The van der Waals surface area contributed by atoms with Gasteiger partial charge in [0.2, 0.25) is 0 Å². The van der Waals surface area contributed by atoms with Crippen LogP contribution in [0.3, 0.4) is 0 Å². The molecule has 68 valence electrons. The van der Waals surface area contributed by atoms with E-state index in [9.17, 15) is 0 Å². The van der Waals surface area contributed by atoms with Crippen LogP contribution in [0.1, 0.15) is 5.56 Å². The Bertz CT molecular complexity index is 194. The molecule has 1 rings (SSSR count). The van der Waals surface area contributed by atoms with Crippen LogP contribution < -0.4 is 0 Å². The van der Waals surface area contributed by atoms with Crippen LogP contribution >= 0.6 is 0 Å². The summed E-state index contributed by atoms with van der Waals surface area (Å²) in [5, 5.41) is 0. The molecule has 0 aliphatic heterocycles. The van der Waals surface area contributed by atoms with Gasteiger partial charge in [-0.15, -0.1) is 0 Å². The first-order valence-electron chi connectivity index (χ1n) is 2.36. The summed E-state index contributed by atoms with van der Waals surface area (Å²) in [5.41, 5.74) is 0.981. The molecular weight excluding hydrogens is 252 g/mol.